The van der Waals surface area contributed by atoms with E-state index in [-0.39, 0.29) is 15.8 Å². The van der Waals surface area contributed by atoms with E-state index in [0.29, 0.717) is 11.4 Å². The topological polar surface area (TPSA) is 74.7 Å². The van der Waals surface area contributed by atoms with Crippen molar-refractivity contribution in [1.82, 2.24) is 4.31 Å². The SMILES string of the molecule is CCCCCN(C(C)C)S(=O)(=O)c1cc(C(=O)O)sc1C. The molecule has 7 heteroatoms. The Balaban J connectivity index is 3.13. The standard InChI is InChI=1S/C14H23NO4S2/c1-5-6-7-8-15(10(2)3)21(18,19)13-9-12(14(16)17)20-11(13)4/h9-10H,5-8H2,1-4H3,(H,16,17). The highest BCUT2D eigenvalue weighted by molar-refractivity contribution is 7.89. The summed E-state index contributed by atoms with van der Waals surface area (Å²) in [6, 6.07) is 1.12. The predicted octanol–water partition coefficient (Wildman–Crippen LogP) is 3.34. The Morgan fingerprint density at radius 1 is 1.38 bits per heavy atom. The molecule has 0 aliphatic carbocycles. The highest BCUT2D eigenvalue weighted by Gasteiger charge is 2.30. The molecular formula is C14H23NO4S2. The molecular weight excluding hydrogens is 310 g/mol. The van der Waals surface area contributed by atoms with Crippen LogP contribution in [0.3, 0.4) is 0 Å². The van der Waals surface area contributed by atoms with Crippen molar-refractivity contribution in [2.24, 2.45) is 0 Å². The first-order valence-corrected chi connectivity index (χ1v) is 9.33. The number of thiophene rings is 1. The van der Waals surface area contributed by atoms with Crippen LogP contribution in [0.1, 0.15) is 54.6 Å². The van der Waals surface area contributed by atoms with Gasteiger partial charge in [0.1, 0.15) is 4.88 Å². The van der Waals surface area contributed by atoms with Gasteiger partial charge in [0.25, 0.3) is 0 Å². The average molecular weight is 333 g/mol. The van der Waals surface area contributed by atoms with Crippen LogP contribution < -0.4 is 0 Å². The summed E-state index contributed by atoms with van der Waals surface area (Å²) >= 11 is 1.00. The van der Waals surface area contributed by atoms with Crippen LogP contribution in [-0.4, -0.2) is 36.4 Å². The smallest absolute Gasteiger partial charge is 0.345 e. The fraction of sp³-hybridized carbons (Fsp3) is 0.643. The maximum absolute atomic E-state index is 12.8. The molecule has 0 unspecified atom stereocenters. The quantitative estimate of drug-likeness (QED) is 0.740. The molecule has 21 heavy (non-hydrogen) atoms. The van der Waals surface area contributed by atoms with Crippen LogP contribution in [0.25, 0.3) is 0 Å². The van der Waals surface area contributed by atoms with Crippen LogP contribution in [-0.2, 0) is 10.0 Å². The van der Waals surface area contributed by atoms with Crippen LogP contribution in [0.15, 0.2) is 11.0 Å². The lowest BCUT2D eigenvalue weighted by Gasteiger charge is -2.25. The molecule has 0 aliphatic heterocycles. The van der Waals surface area contributed by atoms with Gasteiger partial charge in [-0.05, 0) is 33.3 Å². The number of aromatic carboxylic acids is 1. The van der Waals surface area contributed by atoms with Crippen molar-refractivity contribution < 1.29 is 18.3 Å². The van der Waals surface area contributed by atoms with E-state index in [1.807, 2.05) is 13.8 Å². The molecule has 1 aromatic rings. The maximum atomic E-state index is 12.8. The van der Waals surface area contributed by atoms with Gasteiger partial charge in [0.15, 0.2) is 0 Å². The Bertz CT molecular complexity index is 590. The molecule has 0 saturated carbocycles. The third-order valence-corrected chi connectivity index (χ3v) is 6.60. The predicted molar refractivity (Wildman–Crippen MR) is 84.6 cm³/mol. The van der Waals surface area contributed by atoms with Crippen LogP contribution in [0.2, 0.25) is 0 Å². The van der Waals surface area contributed by atoms with E-state index in [0.717, 1.165) is 30.6 Å². The first-order chi connectivity index (χ1) is 9.71. The van der Waals surface area contributed by atoms with Crippen LogP contribution in [0, 0.1) is 6.92 Å². The Morgan fingerprint density at radius 2 is 2.00 bits per heavy atom. The molecule has 1 N–H and O–H groups in total. The molecule has 0 aliphatic rings. The van der Waals surface area contributed by atoms with E-state index >= 15 is 0 Å². The Hall–Kier alpha value is -0.920. The number of carbonyl (C=O) groups is 1. The van der Waals surface area contributed by atoms with E-state index in [1.54, 1.807) is 6.92 Å². The van der Waals surface area contributed by atoms with Crippen LogP contribution in [0.5, 0.6) is 0 Å². The third-order valence-electron chi connectivity index (χ3n) is 3.23. The minimum absolute atomic E-state index is 0.0586. The van der Waals surface area contributed by atoms with Crippen molar-refractivity contribution >= 4 is 27.3 Å². The lowest BCUT2D eigenvalue weighted by Crippen LogP contribution is -2.37. The van der Waals surface area contributed by atoms with Gasteiger partial charge in [0, 0.05) is 17.5 Å². The fourth-order valence-electron chi connectivity index (χ4n) is 2.13. The monoisotopic (exact) mass is 333 g/mol. The summed E-state index contributed by atoms with van der Waals surface area (Å²) < 4.78 is 27.0. The zero-order valence-electron chi connectivity index (χ0n) is 12.9. The fourth-order valence-corrected chi connectivity index (χ4v) is 5.20. The molecule has 1 aromatic heterocycles. The van der Waals surface area contributed by atoms with Crippen molar-refractivity contribution in [3.05, 3.63) is 15.8 Å². The van der Waals surface area contributed by atoms with Gasteiger partial charge in [0.2, 0.25) is 10.0 Å². The number of unbranched alkanes of at least 4 members (excludes halogenated alkanes) is 2. The van der Waals surface area contributed by atoms with Crippen molar-refractivity contribution in [3.63, 3.8) is 0 Å². The number of hydrogen-bond acceptors (Lipinski definition) is 4. The number of carboxylic acids is 1. The summed E-state index contributed by atoms with van der Waals surface area (Å²) in [6.45, 7) is 7.85. The average Bonchev–Trinajstić information content (AvgIpc) is 2.77. The van der Waals surface area contributed by atoms with E-state index in [9.17, 15) is 13.2 Å². The minimum Gasteiger partial charge on any atom is -0.477 e. The van der Waals surface area contributed by atoms with Crippen LogP contribution >= 0.6 is 11.3 Å². The van der Waals surface area contributed by atoms with Crippen LogP contribution in [0.4, 0.5) is 0 Å². The summed E-state index contributed by atoms with van der Waals surface area (Å²) in [7, 11) is -3.64. The summed E-state index contributed by atoms with van der Waals surface area (Å²) in [6.07, 6.45) is 2.80. The van der Waals surface area contributed by atoms with Gasteiger partial charge in [-0.1, -0.05) is 19.8 Å². The number of nitrogens with zero attached hydrogens (tertiary/aromatic N) is 1. The number of sulfonamides is 1. The van der Waals surface area contributed by atoms with Crippen molar-refractivity contribution in [1.29, 1.82) is 0 Å². The number of hydrogen-bond donors (Lipinski definition) is 1. The second-order valence-electron chi connectivity index (χ2n) is 5.25. The molecule has 1 heterocycles. The van der Waals surface area contributed by atoms with Gasteiger partial charge >= 0.3 is 5.97 Å². The van der Waals surface area contributed by atoms with Gasteiger partial charge in [-0.3, -0.25) is 0 Å². The van der Waals surface area contributed by atoms with Gasteiger partial charge in [-0.15, -0.1) is 11.3 Å². The summed E-state index contributed by atoms with van der Waals surface area (Å²) in [4.78, 5) is 11.7. The van der Waals surface area contributed by atoms with E-state index in [1.165, 1.54) is 10.4 Å². The third kappa shape index (κ3) is 4.28. The van der Waals surface area contributed by atoms with Gasteiger partial charge in [-0.25, -0.2) is 13.2 Å². The van der Waals surface area contributed by atoms with Gasteiger partial charge < -0.3 is 5.11 Å². The largest absolute Gasteiger partial charge is 0.477 e. The Kier molecular flexibility index (Phi) is 6.37. The van der Waals surface area contributed by atoms with Crippen molar-refractivity contribution in [2.45, 2.75) is 57.9 Å². The minimum atomic E-state index is -3.64. The molecule has 0 radical (unpaired) electrons. The zero-order chi connectivity index (χ0) is 16.2. The summed E-state index contributed by atoms with van der Waals surface area (Å²) in [5.41, 5.74) is 0. The number of carboxylic acid groups (broad SMARTS) is 1. The van der Waals surface area contributed by atoms with Gasteiger partial charge in [-0.2, -0.15) is 4.31 Å². The molecule has 5 nitrogen and oxygen atoms in total. The molecule has 0 atom stereocenters. The molecule has 0 saturated heterocycles. The van der Waals surface area contributed by atoms with Crippen molar-refractivity contribution in [2.75, 3.05) is 6.54 Å². The first-order valence-electron chi connectivity index (χ1n) is 7.07. The maximum Gasteiger partial charge on any atom is 0.345 e. The molecule has 0 amide bonds. The Labute approximate surface area is 130 Å². The molecule has 0 spiro atoms. The molecule has 0 fully saturated rings. The number of rotatable bonds is 8. The van der Waals surface area contributed by atoms with E-state index in [4.69, 9.17) is 5.11 Å². The normalized spacial score (nSPS) is 12.3. The molecule has 1 rings (SSSR count). The molecule has 120 valence electrons. The highest BCUT2D eigenvalue weighted by atomic mass is 32.2. The second kappa shape index (κ2) is 7.38. The van der Waals surface area contributed by atoms with E-state index < -0.39 is 16.0 Å². The molecule has 0 bridgehead atoms. The van der Waals surface area contributed by atoms with Crippen molar-refractivity contribution in [3.8, 4) is 0 Å². The highest BCUT2D eigenvalue weighted by Crippen LogP contribution is 2.29. The lowest BCUT2D eigenvalue weighted by molar-refractivity contribution is 0.0702. The first kappa shape index (κ1) is 18.1. The number of aryl methyl sites for hydroxylation is 1. The summed E-state index contributed by atoms with van der Waals surface area (Å²) in [5.74, 6) is -1.09. The molecule has 0 aromatic carbocycles. The lowest BCUT2D eigenvalue weighted by atomic mass is 10.2. The Morgan fingerprint density at radius 3 is 2.43 bits per heavy atom. The zero-order valence-corrected chi connectivity index (χ0v) is 14.6. The van der Waals surface area contributed by atoms with E-state index in [2.05, 4.69) is 6.92 Å². The van der Waals surface area contributed by atoms with Gasteiger partial charge in [0.05, 0.1) is 4.90 Å². The summed E-state index contributed by atoms with van der Waals surface area (Å²) in [5, 5.41) is 9.01. The second-order valence-corrected chi connectivity index (χ2v) is 8.37.